The molecule has 0 aliphatic carbocycles. The molecule has 1 aromatic rings. The molecular formula is C16H24N4O. The second-order valence-corrected chi connectivity index (χ2v) is 6.17. The van der Waals surface area contributed by atoms with E-state index in [1.807, 2.05) is 25.2 Å². The van der Waals surface area contributed by atoms with Crippen molar-refractivity contribution in [2.45, 2.75) is 37.9 Å². The van der Waals surface area contributed by atoms with Crippen LogP contribution in [0.25, 0.3) is 0 Å². The third-order valence-corrected chi connectivity index (χ3v) is 4.51. The Morgan fingerprint density at radius 1 is 1.38 bits per heavy atom. The fourth-order valence-corrected chi connectivity index (χ4v) is 3.53. The summed E-state index contributed by atoms with van der Waals surface area (Å²) in [4.78, 5) is 21.2. The Hall–Kier alpha value is -1.46. The van der Waals surface area contributed by atoms with E-state index in [1.165, 1.54) is 6.42 Å². The molecule has 2 saturated heterocycles. The molecule has 5 heteroatoms. The van der Waals surface area contributed by atoms with Gasteiger partial charge in [0.15, 0.2) is 0 Å². The molecule has 5 nitrogen and oxygen atoms in total. The first-order valence-corrected chi connectivity index (χ1v) is 7.84. The van der Waals surface area contributed by atoms with Crippen molar-refractivity contribution in [3.8, 4) is 0 Å². The van der Waals surface area contributed by atoms with Crippen LogP contribution in [0.15, 0.2) is 24.4 Å². The Kier molecular flexibility index (Phi) is 4.51. The molecule has 21 heavy (non-hydrogen) atoms. The van der Waals surface area contributed by atoms with Crippen LogP contribution >= 0.6 is 0 Å². The van der Waals surface area contributed by atoms with Gasteiger partial charge in [0.05, 0.1) is 12.2 Å². The molecule has 2 aliphatic rings. The van der Waals surface area contributed by atoms with E-state index < -0.39 is 0 Å². The molecule has 0 unspecified atom stereocenters. The lowest BCUT2D eigenvalue weighted by atomic mass is 10.1. The third kappa shape index (κ3) is 3.41. The standard InChI is InChI=1S/C16H24N4O/c1-19(11-13-4-2-3-8-18-13)12-16(21)20-14-5-6-15(20)10-17-9-7-14/h2-4,8,14-15,17H,5-7,9-12H2,1H3/t14-,15+/m0/s1. The minimum Gasteiger partial charge on any atom is -0.334 e. The predicted molar refractivity (Wildman–Crippen MR) is 81.7 cm³/mol. The molecule has 3 heterocycles. The number of fused-ring (bicyclic) bond motifs is 2. The molecule has 1 N–H and O–H groups in total. The van der Waals surface area contributed by atoms with Crippen LogP contribution < -0.4 is 5.32 Å². The fraction of sp³-hybridized carbons (Fsp3) is 0.625. The molecule has 1 amide bonds. The second-order valence-electron chi connectivity index (χ2n) is 6.17. The van der Waals surface area contributed by atoms with Gasteiger partial charge in [-0.2, -0.15) is 0 Å². The van der Waals surface area contributed by atoms with Gasteiger partial charge in [0.2, 0.25) is 5.91 Å². The maximum Gasteiger partial charge on any atom is 0.237 e. The summed E-state index contributed by atoms with van der Waals surface area (Å²) < 4.78 is 0. The molecule has 114 valence electrons. The highest BCUT2D eigenvalue weighted by molar-refractivity contribution is 5.79. The van der Waals surface area contributed by atoms with Crippen LogP contribution in [-0.2, 0) is 11.3 Å². The number of carbonyl (C=O) groups excluding carboxylic acids is 1. The van der Waals surface area contributed by atoms with Gasteiger partial charge >= 0.3 is 0 Å². The largest absolute Gasteiger partial charge is 0.334 e. The molecule has 2 fully saturated rings. The van der Waals surface area contributed by atoms with Gasteiger partial charge in [-0.1, -0.05) is 6.07 Å². The van der Waals surface area contributed by atoms with Crippen LogP contribution in [0, 0.1) is 0 Å². The Labute approximate surface area is 126 Å². The number of carbonyl (C=O) groups is 1. The Balaban J connectivity index is 1.58. The van der Waals surface area contributed by atoms with Crippen molar-refractivity contribution in [1.82, 2.24) is 20.1 Å². The zero-order valence-electron chi connectivity index (χ0n) is 12.7. The van der Waals surface area contributed by atoms with E-state index in [2.05, 4.69) is 20.1 Å². The molecule has 0 radical (unpaired) electrons. The minimum absolute atomic E-state index is 0.268. The number of pyridine rings is 1. The van der Waals surface area contributed by atoms with Crippen molar-refractivity contribution in [1.29, 1.82) is 0 Å². The number of aromatic nitrogens is 1. The summed E-state index contributed by atoms with van der Waals surface area (Å²) in [5.74, 6) is 0.268. The van der Waals surface area contributed by atoms with Gasteiger partial charge < -0.3 is 10.2 Å². The van der Waals surface area contributed by atoms with Gasteiger partial charge in [-0.25, -0.2) is 0 Å². The maximum atomic E-state index is 12.6. The van der Waals surface area contributed by atoms with Crippen molar-refractivity contribution in [2.24, 2.45) is 0 Å². The number of rotatable bonds is 4. The average Bonchev–Trinajstić information content (AvgIpc) is 2.73. The summed E-state index contributed by atoms with van der Waals surface area (Å²) in [5.41, 5.74) is 1.01. The van der Waals surface area contributed by atoms with E-state index >= 15 is 0 Å². The van der Waals surface area contributed by atoms with Gasteiger partial charge in [0.25, 0.3) is 0 Å². The highest BCUT2D eigenvalue weighted by atomic mass is 16.2. The first-order valence-electron chi connectivity index (χ1n) is 7.84. The third-order valence-electron chi connectivity index (χ3n) is 4.51. The molecule has 2 bridgehead atoms. The highest BCUT2D eigenvalue weighted by Gasteiger charge is 2.37. The number of nitrogens with zero attached hydrogens (tertiary/aromatic N) is 3. The highest BCUT2D eigenvalue weighted by Crippen LogP contribution is 2.28. The smallest absolute Gasteiger partial charge is 0.237 e. The zero-order valence-corrected chi connectivity index (χ0v) is 12.7. The Morgan fingerprint density at radius 2 is 2.24 bits per heavy atom. The van der Waals surface area contributed by atoms with E-state index in [9.17, 15) is 4.79 Å². The number of amides is 1. The van der Waals surface area contributed by atoms with Gasteiger partial charge in [0, 0.05) is 31.4 Å². The van der Waals surface area contributed by atoms with Gasteiger partial charge in [-0.3, -0.25) is 14.7 Å². The van der Waals surface area contributed by atoms with Crippen LogP contribution in [0.2, 0.25) is 0 Å². The summed E-state index contributed by atoms with van der Waals surface area (Å²) in [5, 5.41) is 3.44. The number of nitrogens with one attached hydrogen (secondary N) is 1. The molecule has 0 spiro atoms. The van der Waals surface area contributed by atoms with Crippen molar-refractivity contribution < 1.29 is 4.79 Å². The second kappa shape index (κ2) is 6.54. The van der Waals surface area contributed by atoms with Crippen LogP contribution in [0.4, 0.5) is 0 Å². The van der Waals surface area contributed by atoms with Crippen LogP contribution in [-0.4, -0.2) is 59.5 Å². The summed E-state index contributed by atoms with van der Waals surface area (Å²) in [6, 6.07) is 6.74. The monoisotopic (exact) mass is 288 g/mol. The van der Waals surface area contributed by atoms with Crippen molar-refractivity contribution >= 4 is 5.91 Å². The average molecular weight is 288 g/mol. The lowest BCUT2D eigenvalue weighted by Gasteiger charge is -2.29. The van der Waals surface area contributed by atoms with Gasteiger partial charge in [0.1, 0.15) is 0 Å². The lowest BCUT2D eigenvalue weighted by molar-refractivity contribution is -0.134. The normalized spacial score (nSPS) is 25.1. The van der Waals surface area contributed by atoms with E-state index in [4.69, 9.17) is 0 Å². The first kappa shape index (κ1) is 14.5. The van der Waals surface area contributed by atoms with Crippen molar-refractivity contribution in [3.63, 3.8) is 0 Å². The first-order chi connectivity index (χ1) is 10.2. The zero-order chi connectivity index (χ0) is 14.7. The predicted octanol–water partition coefficient (Wildman–Crippen LogP) is 0.866. The van der Waals surface area contributed by atoms with Crippen LogP contribution in [0.1, 0.15) is 25.0 Å². The van der Waals surface area contributed by atoms with E-state index in [1.54, 1.807) is 6.20 Å². The molecule has 2 atom stereocenters. The summed E-state index contributed by atoms with van der Waals surface area (Å²) >= 11 is 0. The molecule has 0 aromatic carbocycles. The summed E-state index contributed by atoms with van der Waals surface area (Å²) in [7, 11) is 1.99. The molecule has 3 rings (SSSR count). The number of hydrogen-bond acceptors (Lipinski definition) is 4. The lowest BCUT2D eigenvalue weighted by Crippen LogP contribution is -2.46. The Morgan fingerprint density at radius 3 is 3.05 bits per heavy atom. The van der Waals surface area contributed by atoms with Crippen molar-refractivity contribution in [3.05, 3.63) is 30.1 Å². The molecule has 2 aliphatic heterocycles. The van der Waals surface area contributed by atoms with E-state index in [-0.39, 0.29) is 5.91 Å². The van der Waals surface area contributed by atoms with Gasteiger partial charge in [-0.05, 0) is 45.0 Å². The van der Waals surface area contributed by atoms with Crippen LogP contribution in [0.5, 0.6) is 0 Å². The summed E-state index contributed by atoms with van der Waals surface area (Å²) in [6.45, 7) is 3.18. The minimum atomic E-state index is 0.268. The Bertz CT molecular complexity index is 464. The van der Waals surface area contributed by atoms with Crippen LogP contribution in [0.3, 0.4) is 0 Å². The molecule has 0 saturated carbocycles. The van der Waals surface area contributed by atoms with Crippen molar-refractivity contribution in [2.75, 3.05) is 26.7 Å². The topological polar surface area (TPSA) is 48.5 Å². The SMILES string of the molecule is CN(CC(=O)N1[C@@H]2CCNC[C@H]1CC2)Cc1ccccn1. The summed E-state index contributed by atoms with van der Waals surface area (Å²) in [6.07, 6.45) is 5.20. The van der Waals surface area contributed by atoms with E-state index in [0.717, 1.165) is 31.6 Å². The molecular weight excluding hydrogens is 264 g/mol. The van der Waals surface area contributed by atoms with E-state index in [0.29, 0.717) is 25.2 Å². The molecule has 1 aromatic heterocycles. The van der Waals surface area contributed by atoms with Gasteiger partial charge in [-0.15, -0.1) is 0 Å². The maximum absolute atomic E-state index is 12.6. The number of hydrogen-bond donors (Lipinski definition) is 1. The quantitative estimate of drug-likeness (QED) is 0.893. The fourth-order valence-electron chi connectivity index (χ4n) is 3.53. The number of likely N-dealkylation sites (N-methyl/N-ethyl adjacent to an activating group) is 1.